The van der Waals surface area contributed by atoms with Gasteiger partial charge in [-0.05, 0) is 76.9 Å². The van der Waals surface area contributed by atoms with Crippen LogP contribution in [0, 0.1) is 5.92 Å². The molecular formula is C17H32N2. The summed E-state index contributed by atoms with van der Waals surface area (Å²) in [7, 11) is 0. The maximum atomic E-state index is 3.69. The van der Waals surface area contributed by atoms with Crippen molar-refractivity contribution in [1.82, 2.24) is 10.2 Å². The first-order chi connectivity index (χ1) is 9.43. The van der Waals surface area contributed by atoms with E-state index in [2.05, 4.69) is 10.2 Å². The van der Waals surface area contributed by atoms with Gasteiger partial charge < -0.3 is 10.2 Å². The van der Waals surface area contributed by atoms with E-state index in [9.17, 15) is 0 Å². The van der Waals surface area contributed by atoms with Gasteiger partial charge in [-0.1, -0.05) is 19.3 Å². The van der Waals surface area contributed by atoms with E-state index in [-0.39, 0.29) is 0 Å². The van der Waals surface area contributed by atoms with Crippen molar-refractivity contribution < 1.29 is 0 Å². The molecule has 3 aliphatic rings. The highest BCUT2D eigenvalue weighted by Gasteiger charge is 2.32. The molecule has 2 unspecified atom stereocenters. The van der Waals surface area contributed by atoms with Crippen molar-refractivity contribution in [2.45, 2.75) is 82.7 Å². The first-order valence-corrected chi connectivity index (χ1v) is 8.91. The predicted octanol–water partition coefficient (Wildman–Crippen LogP) is 3.56. The van der Waals surface area contributed by atoms with Crippen LogP contribution in [0.3, 0.4) is 0 Å². The lowest BCUT2D eigenvalue weighted by molar-refractivity contribution is 0.184. The molecule has 2 heteroatoms. The summed E-state index contributed by atoms with van der Waals surface area (Å²) in [5, 5.41) is 3.69. The Labute approximate surface area is 119 Å². The van der Waals surface area contributed by atoms with Crippen molar-refractivity contribution in [2.75, 3.05) is 19.6 Å². The minimum Gasteiger partial charge on any atom is -0.314 e. The fourth-order valence-corrected chi connectivity index (χ4v) is 4.72. The minimum atomic E-state index is 0.835. The zero-order valence-corrected chi connectivity index (χ0v) is 12.6. The van der Waals surface area contributed by atoms with Gasteiger partial charge in [0.1, 0.15) is 0 Å². The summed E-state index contributed by atoms with van der Waals surface area (Å²) in [6, 6.07) is 1.79. The van der Waals surface area contributed by atoms with Gasteiger partial charge in [-0.2, -0.15) is 0 Å². The van der Waals surface area contributed by atoms with Gasteiger partial charge in [0.25, 0.3) is 0 Å². The monoisotopic (exact) mass is 264 g/mol. The van der Waals surface area contributed by atoms with Gasteiger partial charge in [-0.25, -0.2) is 0 Å². The third-order valence-corrected chi connectivity index (χ3v) is 5.77. The number of nitrogens with one attached hydrogen (secondary N) is 1. The van der Waals surface area contributed by atoms with E-state index in [1.807, 2.05) is 0 Å². The summed E-state index contributed by atoms with van der Waals surface area (Å²) < 4.78 is 0. The molecule has 0 spiro atoms. The van der Waals surface area contributed by atoms with Crippen LogP contribution in [-0.2, 0) is 0 Å². The van der Waals surface area contributed by atoms with Crippen molar-refractivity contribution in [1.29, 1.82) is 0 Å². The van der Waals surface area contributed by atoms with E-state index in [0.717, 1.165) is 18.0 Å². The zero-order chi connectivity index (χ0) is 12.9. The Morgan fingerprint density at radius 1 is 0.895 bits per heavy atom. The number of nitrogens with zero attached hydrogens (tertiary/aromatic N) is 1. The molecule has 0 radical (unpaired) electrons. The van der Waals surface area contributed by atoms with Gasteiger partial charge in [-0.15, -0.1) is 0 Å². The Hall–Kier alpha value is -0.0800. The number of piperidine rings is 1. The smallest absolute Gasteiger partial charge is 0.0124 e. The standard InChI is InChI=1S/C17H32N2/c1-2-8-15(7-1)17-11-6-14-19(17)13-5-10-16-9-3-4-12-18-16/h15-18H,1-14H2. The van der Waals surface area contributed by atoms with Crippen LogP contribution in [-0.4, -0.2) is 36.6 Å². The summed E-state index contributed by atoms with van der Waals surface area (Å²) in [5.74, 6) is 1.05. The topological polar surface area (TPSA) is 15.3 Å². The molecule has 1 aliphatic carbocycles. The molecule has 19 heavy (non-hydrogen) atoms. The molecule has 2 heterocycles. The van der Waals surface area contributed by atoms with Crippen molar-refractivity contribution in [3.05, 3.63) is 0 Å². The van der Waals surface area contributed by atoms with Gasteiger partial charge in [-0.3, -0.25) is 0 Å². The normalized spacial score (nSPS) is 34.1. The van der Waals surface area contributed by atoms with Crippen LogP contribution in [0.5, 0.6) is 0 Å². The number of rotatable bonds is 5. The molecule has 3 rings (SSSR count). The molecule has 0 aromatic heterocycles. The second kappa shape index (κ2) is 7.08. The van der Waals surface area contributed by atoms with Gasteiger partial charge in [0.15, 0.2) is 0 Å². The van der Waals surface area contributed by atoms with E-state index in [1.54, 1.807) is 0 Å². The average molecular weight is 264 g/mol. The van der Waals surface area contributed by atoms with Crippen LogP contribution in [0.4, 0.5) is 0 Å². The molecule has 0 aromatic rings. The number of hydrogen-bond acceptors (Lipinski definition) is 2. The Morgan fingerprint density at radius 2 is 1.74 bits per heavy atom. The Morgan fingerprint density at radius 3 is 2.53 bits per heavy atom. The maximum absolute atomic E-state index is 3.69. The third-order valence-electron chi connectivity index (χ3n) is 5.77. The van der Waals surface area contributed by atoms with E-state index in [1.165, 1.54) is 90.3 Å². The van der Waals surface area contributed by atoms with Gasteiger partial charge >= 0.3 is 0 Å². The molecular weight excluding hydrogens is 232 g/mol. The van der Waals surface area contributed by atoms with Crippen molar-refractivity contribution in [3.63, 3.8) is 0 Å². The second-order valence-electron chi connectivity index (χ2n) is 7.08. The van der Waals surface area contributed by atoms with Crippen LogP contribution < -0.4 is 5.32 Å². The molecule has 2 aliphatic heterocycles. The molecule has 3 fully saturated rings. The fraction of sp³-hybridized carbons (Fsp3) is 1.00. The molecule has 2 saturated heterocycles. The Kier molecular flexibility index (Phi) is 5.17. The lowest BCUT2D eigenvalue weighted by Crippen LogP contribution is -2.37. The van der Waals surface area contributed by atoms with Crippen molar-refractivity contribution >= 4 is 0 Å². The van der Waals surface area contributed by atoms with Gasteiger partial charge in [0.2, 0.25) is 0 Å². The molecule has 0 amide bonds. The highest BCUT2D eigenvalue weighted by molar-refractivity contribution is 4.87. The summed E-state index contributed by atoms with van der Waals surface area (Å²) in [6.07, 6.45) is 16.1. The predicted molar refractivity (Wildman–Crippen MR) is 81.4 cm³/mol. The number of hydrogen-bond donors (Lipinski definition) is 1. The zero-order valence-electron chi connectivity index (χ0n) is 12.6. The largest absolute Gasteiger partial charge is 0.314 e. The van der Waals surface area contributed by atoms with Crippen LogP contribution in [0.25, 0.3) is 0 Å². The molecule has 1 saturated carbocycles. The highest BCUT2D eigenvalue weighted by atomic mass is 15.2. The molecule has 0 aromatic carbocycles. The van der Waals surface area contributed by atoms with Crippen LogP contribution in [0.15, 0.2) is 0 Å². The van der Waals surface area contributed by atoms with Crippen molar-refractivity contribution in [2.24, 2.45) is 5.92 Å². The van der Waals surface area contributed by atoms with E-state index >= 15 is 0 Å². The van der Waals surface area contributed by atoms with Crippen molar-refractivity contribution in [3.8, 4) is 0 Å². The third kappa shape index (κ3) is 3.72. The van der Waals surface area contributed by atoms with Gasteiger partial charge in [0, 0.05) is 12.1 Å². The molecule has 2 nitrogen and oxygen atoms in total. The average Bonchev–Trinajstić information content (AvgIpc) is 3.10. The minimum absolute atomic E-state index is 0.835. The summed E-state index contributed by atoms with van der Waals surface area (Å²) >= 11 is 0. The second-order valence-corrected chi connectivity index (χ2v) is 7.08. The van der Waals surface area contributed by atoms with Gasteiger partial charge in [0.05, 0.1) is 0 Å². The molecule has 0 bridgehead atoms. The summed E-state index contributed by atoms with van der Waals surface area (Å²) in [5.41, 5.74) is 0. The van der Waals surface area contributed by atoms with Crippen LogP contribution >= 0.6 is 0 Å². The SMILES string of the molecule is C1CCC(CCCN2CCCC2C2CCCC2)NC1. The van der Waals surface area contributed by atoms with E-state index in [4.69, 9.17) is 0 Å². The Balaban J connectivity index is 1.38. The lowest BCUT2D eigenvalue weighted by Gasteiger charge is -2.30. The number of likely N-dealkylation sites (tertiary alicyclic amines) is 1. The molecule has 2 atom stereocenters. The highest BCUT2D eigenvalue weighted by Crippen LogP contribution is 2.35. The summed E-state index contributed by atoms with van der Waals surface area (Å²) in [6.45, 7) is 4.03. The molecule has 110 valence electrons. The fourth-order valence-electron chi connectivity index (χ4n) is 4.72. The van der Waals surface area contributed by atoms with E-state index < -0.39 is 0 Å². The lowest BCUT2D eigenvalue weighted by atomic mass is 9.95. The quantitative estimate of drug-likeness (QED) is 0.817. The Bertz CT molecular complexity index is 254. The first-order valence-electron chi connectivity index (χ1n) is 8.91. The molecule has 1 N–H and O–H groups in total. The van der Waals surface area contributed by atoms with E-state index in [0.29, 0.717) is 0 Å². The summed E-state index contributed by atoms with van der Waals surface area (Å²) in [4.78, 5) is 2.85. The van der Waals surface area contributed by atoms with Crippen LogP contribution in [0.2, 0.25) is 0 Å². The first kappa shape index (κ1) is 13.9. The maximum Gasteiger partial charge on any atom is 0.0124 e. The van der Waals surface area contributed by atoms with Crippen LogP contribution in [0.1, 0.15) is 70.6 Å².